The van der Waals surface area contributed by atoms with Crippen LogP contribution in [0.15, 0.2) is 18.3 Å². The van der Waals surface area contributed by atoms with Gasteiger partial charge in [0.1, 0.15) is 5.82 Å². The standard InChI is InChI=1S/C15H18F3N3S/c1-10-2-4-12(22-10)7-19-6-11-3-5-14-20-13(15(16,17)18)9-21(14)8-11/h2,4,9,11,19H,3,5-8H2,1H3. The smallest absolute Gasteiger partial charge is 0.334 e. The van der Waals surface area contributed by atoms with Crippen LogP contribution in [-0.4, -0.2) is 16.1 Å². The molecule has 0 saturated heterocycles. The number of halogens is 3. The van der Waals surface area contributed by atoms with Crippen LogP contribution in [0.5, 0.6) is 0 Å². The number of alkyl halides is 3. The molecule has 0 radical (unpaired) electrons. The maximum atomic E-state index is 12.7. The zero-order chi connectivity index (χ0) is 15.7. The molecule has 3 nitrogen and oxygen atoms in total. The molecule has 3 heterocycles. The quantitative estimate of drug-likeness (QED) is 0.928. The largest absolute Gasteiger partial charge is 0.434 e. The SMILES string of the molecule is Cc1ccc(CNCC2CCc3nc(C(F)(F)F)cn3C2)s1. The van der Waals surface area contributed by atoms with Gasteiger partial charge in [0.05, 0.1) is 0 Å². The van der Waals surface area contributed by atoms with Gasteiger partial charge in [-0.05, 0) is 31.4 Å². The zero-order valence-corrected chi connectivity index (χ0v) is 13.1. The van der Waals surface area contributed by atoms with E-state index in [1.807, 2.05) is 0 Å². The Labute approximate surface area is 131 Å². The lowest BCUT2D eigenvalue weighted by atomic mass is 9.99. The third-order valence-corrected chi connectivity index (χ3v) is 4.91. The summed E-state index contributed by atoms with van der Waals surface area (Å²) < 4.78 is 39.7. The fourth-order valence-corrected chi connectivity index (χ4v) is 3.66. The minimum absolute atomic E-state index is 0.351. The normalized spacial score (nSPS) is 18.5. The molecule has 0 spiro atoms. The predicted molar refractivity (Wildman–Crippen MR) is 79.8 cm³/mol. The summed E-state index contributed by atoms with van der Waals surface area (Å²) in [5.74, 6) is 0.904. The number of thiophene rings is 1. The molecule has 7 heteroatoms. The van der Waals surface area contributed by atoms with Gasteiger partial charge in [-0.15, -0.1) is 11.3 Å². The van der Waals surface area contributed by atoms with Crippen molar-refractivity contribution in [3.63, 3.8) is 0 Å². The minimum Gasteiger partial charge on any atom is -0.334 e. The number of rotatable bonds is 4. The molecule has 0 aliphatic carbocycles. The van der Waals surface area contributed by atoms with E-state index in [-0.39, 0.29) is 0 Å². The molecule has 0 bridgehead atoms. The molecule has 120 valence electrons. The van der Waals surface area contributed by atoms with E-state index in [0.717, 1.165) is 25.7 Å². The second kappa shape index (κ2) is 6.04. The summed E-state index contributed by atoms with van der Waals surface area (Å²) in [6.45, 7) is 4.32. The molecule has 0 amide bonds. The van der Waals surface area contributed by atoms with Crippen LogP contribution in [-0.2, 0) is 25.7 Å². The maximum Gasteiger partial charge on any atom is 0.434 e. The first-order chi connectivity index (χ1) is 10.4. The highest BCUT2D eigenvalue weighted by atomic mass is 32.1. The van der Waals surface area contributed by atoms with Gasteiger partial charge < -0.3 is 9.88 Å². The van der Waals surface area contributed by atoms with Gasteiger partial charge in [-0.3, -0.25) is 0 Å². The Balaban J connectivity index is 1.54. The van der Waals surface area contributed by atoms with Crippen LogP contribution in [0.1, 0.15) is 27.7 Å². The highest BCUT2D eigenvalue weighted by Crippen LogP contribution is 2.30. The molecule has 1 unspecified atom stereocenters. The van der Waals surface area contributed by atoms with Crippen LogP contribution < -0.4 is 5.32 Å². The van der Waals surface area contributed by atoms with Crippen molar-refractivity contribution in [2.75, 3.05) is 6.54 Å². The molecule has 0 aromatic carbocycles. The van der Waals surface area contributed by atoms with Gasteiger partial charge in [-0.1, -0.05) is 0 Å². The Morgan fingerprint density at radius 1 is 1.41 bits per heavy atom. The van der Waals surface area contributed by atoms with Crippen molar-refractivity contribution in [3.05, 3.63) is 39.6 Å². The molecule has 0 fully saturated rings. The second-order valence-corrected chi connectivity index (χ2v) is 7.11. The highest BCUT2D eigenvalue weighted by Gasteiger charge is 2.35. The molecular weight excluding hydrogens is 311 g/mol. The first kappa shape index (κ1) is 15.6. The van der Waals surface area contributed by atoms with Crippen LogP contribution in [0.4, 0.5) is 13.2 Å². The summed E-state index contributed by atoms with van der Waals surface area (Å²) in [5, 5.41) is 3.41. The van der Waals surface area contributed by atoms with Gasteiger partial charge >= 0.3 is 6.18 Å². The molecular formula is C15H18F3N3S. The third-order valence-electron chi connectivity index (χ3n) is 3.91. The number of nitrogens with one attached hydrogen (secondary N) is 1. The Morgan fingerprint density at radius 2 is 2.23 bits per heavy atom. The lowest BCUT2D eigenvalue weighted by Crippen LogP contribution is -2.29. The number of imidazole rings is 1. The van der Waals surface area contributed by atoms with Gasteiger partial charge in [0, 0.05) is 42.0 Å². The minimum atomic E-state index is -4.35. The molecule has 22 heavy (non-hydrogen) atoms. The lowest BCUT2D eigenvalue weighted by molar-refractivity contribution is -0.141. The monoisotopic (exact) mass is 329 g/mol. The second-order valence-electron chi connectivity index (χ2n) is 5.74. The molecule has 1 atom stereocenters. The van der Waals surface area contributed by atoms with Crippen molar-refractivity contribution in [2.45, 2.75) is 39.0 Å². The molecule has 3 rings (SSSR count). The molecule has 0 saturated carbocycles. The maximum absolute atomic E-state index is 12.7. The summed E-state index contributed by atoms with van der Waals surface area (Å²) in [4.78, 5) is 6.28. The molecule has 1 aliphatic heterocycles. The van der Waals surface area contributed by atoms with Crippen LogP contribution >= 0.6 is 11.3 Å². The third kappa shape index (κ3) is 3.52. The van der Waals surface area contributed by atoms with E-state index in [1.54, 1.807) is 15.9 Å². The van der Waals surface area contributed by atoms with Crippen LogP contribution in [0.3, 0.4) is 0 Å². The molecule has 1 N–H and O–H groups in total. The van der Waals surface area contributed by atoms with E-state index in [2.05, 4.69) is 29.4 Å². The average Bonchev–Trinajstić information content (AvgIpc) is 3.04. The molecule has 2 aromatic rings. The van der Waals surface area contributed by atoms with E-state index in [4.69, 9.17) is 0 Å². The summed E-state index contributed by atoms with van der Waals surface area (Å²) >= 11 is 1.77. The van der Waals surface area contributed by atoms with E-state index in [0.29, 0.717) is 24.7 Å². The fourth-order valence-electron chi connectivity index (χ4n) is 2.80. The summed E-state index contributed by atoms with van der Waals surface area (Å²) in [5.41, 5.74) is -0.773. The van der Waals surface area contributed by atoms with Crippen LogP contribution in [0, 0.1) is 12.8 Å². The van der Waals surface area contributed by atoms with Gasteiger partial charge in [-0.25, -0.2) is 4.98 Å². The number of hydrogen-bond donors (Lipinski definition) is 1. The molecule has 1 aliphatic rings. The summed E-state index contributed by atoms with van der Waals surface area (Å²) in [6, 6.07) is 4.20. The first-order valence-electron chi connectivity index (χ1n) is 7.31. The van der Waals surface area contributed by atoms with E-state index < -0.39 is 11.9 Å². The van der Waals surface area contributed by atoms with Crippen molar-refractivity contribution in [2.24, 2.45) is 5.92 Å². The topological polar surface area (TPSA) is 29.9 Å². The zero-order valence-electron chi connectivity index (χ0n) is 12.3. The van der Waals surface area contributed by atoms with Crippen molar-refractivity contribution in [3.8, 4) is 0 Å². The molecule has 2 aromatic heterocycles. The number of aromatic nitrogens is 2. The van der Waals surface area contributed by atoms with Gasteiger partial charge in [-0.2, -0.15) is 13.2 Å². The number of hydrogen-bond acceptors (Lipinski definition) is 3. The number of nitrogens with zero attached hydrogens (tertiary/aromatic N) is 2. The number of fused-ring (bicyclic) bond motifs is 1. The predicted octanol–water partition coefficient (Wildman–Crippen LogP) is 3.62. The first-order valence-corrected chi connectivity index (χ1v) is 8.13. The highest BCUT2D eigenvalue weighted by molar-refractivity contribution is 7.11. The summed E-state index contributed by atoms with van der Waals surface area (Å²) in [7, 11) is 0. The van der Waals surface area contributed by atoms with E-state index in [9.17, 15) is 13.2 Å². The fraction of sp³-hybridized carbons (Fsp3) is 0.533. The summed E-state index contributed by atoms with van der Waals surface area (Å²) in [6.07, 6.45) is -1.72. The Morgan fingerprint density at radius 3 is 2.91 bits per heavy atom. The average molecular weight is 329 g/mol. The Bertz CT molecular complexity index is 645. The van der Waals surface area contributed by atoms with E-state index >= 15 is 0 Å². The van der Waals surface area contributed by atoms with Crippen molar-refractivity contribution >= 4 is 11.3 Å². The van der Waals surface area contributed by atoms with E-state index in [1.165, 1.54) is 9.75 Å². The Hall–Kier alpha value is -1.34. The lowest BCUT2D eigenvalue weighted by Gasteiger charge is -2.23. The Kier molecular flexibility index (Phi) is 4.27. The van der Waals surface area contributed by atoms with Crippen LogP contribution in [0.25, 0.3) is 0 Å². The van der Waals surface area contributed by atoms with Gasteiger partial charge in [0.2, 0.25) is 0 Å². The number of aryl methyl sites for hydroxylation is 2. The van der Waals surface area contributed by atoms with Gasteiger partial charge in [0.25, 0.3) is 0 Å². The van der Waals surface area contributed by atoms with Crippen molar-refractivity contribution < 1.29 is 13.2 Å². The van der Waals surface area contributed by atoms with Crippen molar-refractivity contribution in [1.29, 1.82) is 0 Å². The van der Waals surface area contributed by atoms with Crippen molar-refractivity contribution in [1.82, 2.24) is 14.9 Å². The van der Waals surface area contributed by atoms with Crippen LogP contribution in [0.2, 0.25) is 0 Å². The van der Waals surface area contributed by atoms with Gasteiger partial charge in [0.15, 0.2) is 5.69 Å².